The molecule has 0 spiro atoms. The first-order chi connectivity index (χ1) is 12.4. The summed E-state index contributed by atoms with van der Waals surface area (Å²) in [4.78, 5) is 11.1. The zero-order valence-electron chi connectivity index (χ0n) is 14.6. The SMILES string of the molecule is Cc1cccc(COc2ccc(Br)cc2Cn2nc(C(=O)O)cc2C)c1. The van der Waals surface area contributed by atoms with Gasteiger partial charge in [-0.25, -0.2) is 4.79 Å². The van der Waals surface area contributed by atoms with Gasteiger partial charge in [0.05, 0.1) is 6.54 Å². The molecule has 1 N–H and O–H groups in total. The van der Waals surface area contributed by atoms with Crippen molar-refractivity contribution in [3.05, 3.63) is 81.1 Å². The summed E-state index contributed by atoms with van der Waals surface area (Å²) in [6, 6.07) is 15.5. The number of carboxylic acid groups (broad SMARTS) is 1. The molecule has 3 rings (SSSR count). The van der Waals surface area contributed by atoms with Gasteiger partial charge in [-0.15, -0.1) is 0 Å². The molecule has 26 heavy (non-hydrogen) atoms. The van der Waals surface area contributed by atoms with E-state index in [4.69, 9.17) is 9.84 Å². The Labute approximate surface area is 160 Å². The van der Waals surface area contributed by atoms with Crippen LogP contribution >= 0.6 is 15.9 Å². The van der Waals surface area contributed by atoms with Gasteiger partial charge in [0.1, 0.15) is 12.4 Å². The third-order valence-corrected chi connectivity index (χ3v) is 4.51. The molecule has 0 aliphatic heterocycles. The van der Waals surface area contributed by atoms with Crippen molar-refractivity contribution in [3.63, 3.8) is 0 Å². The van der Waals surface area contributed by atoms with E-state index in [9.17, 15) is 4.79 Å². The number of rotatable bonds is 6. The minimum atomic E-state index is -1.03. The number of hydrogen-bond acceptors (Lipinski definition) is 3. The lowest BCUT2D eigenvalue weighted by Gasteiger charge is -2.13. The number of aromatic carboxylic acids is 1. The Balaban J connectivity index is 1.83. The van der Waals surface area contributed by atoms with E-state index in [1.54, 1.807) is 10.7 Å². The summed E-state index contributed by atoms with van der Waals surface area (Å²) in [6.07, 6.45) is 0. The molecule has 1 aromatic heterocycles. The van der Waals surface area contributed by atoms with Crippen LogP contribution in [0.2, 0.25) is 0 Å². The fourth-order valence-electron chi connectivity index (χ4n) is 2.71. The molecule has 134 valence electrons. The minimum absolute atomic E-state index is 0.0414. The maximum absolute atomic E-state index is 11.1. The molecule has 0 amide bonds. The zero-order chi connectivity index (χ0) is 18.7. The van der Waals surface area contributed by atoms with Gasteiger partial charge in [-0.3, -0.25) is 4.68 Å². The molecular weight excluding hydrogens is 396 g/mol. The average molecular weight is 415 g/mol. The van der Waals surface area contributed by atoms with E-state index < -0.39 is 5.97 Å². The lowest BCUT2D eigenvalue weighted by Crippen LogP contribution is -2.08. The number of ether oxygens (including phenoxy) is 1. The molecule has 0 unspecified atom stereocenters. The van der Waals surface area contributed by atoms with Crippen LogP contribution in [0, 0.1) is 13.8 Å². The Morgan fingerprint density at radius 1 is 1.19 bits per heavy atom. The quantitative estimate of drug-likeness (QED) is 0.640. The number of benzene rings is 2. The van der Waals surface area contributed by atoms with Gasteiger partial charge in [0.25, 0.3) is 0 Å². The first-order valence-electron chi connectivity index (χ1n) is 8.17. The molecule has 5 nitrogen and oxygen atoms in total. The smallest absolute Gasteiger partial charge is 0.356 e. The second-order valence-electron chi connectivity index (χ2n) is 6.16. The number of hydrogen-bond donors (Lipinski definition) is 1. The van der Waals surface area contributed by atoms with Crippen molar-refractivity contribution in [3.8, 4) is 5.75 Å². The van der Waals surface area contributed by atoms with Crippen LogP contribution in [0.15, 0.2) is 53.0 Å². The lowest BCUT2D eigenvalue weighted by molar-refractivity contribution is 0.0689. The topological polar surface area (TPSA) is 64.4 Å². The molecule has 0 bridgehead atoms. The van der Waals surface area contributed by atoms with Crippen LogP contribution in [0.25, 0.3) is 0 Å². The first-order valence-corrected chi connectivity index (χ1v) is 8.96. The third-order valence-electron chi connectivity index (χ3n) is 4.02. The van der Waals surface area contributed by atoms with Crippen molar-refractivity contribution in [2.45, 2.75) is 27.0 Å². The van der Waals surface area contributed by atoms with Crippen molar-refractivity contribution >= 4 is 21.9 Å². The Hall–Kier alpha value is -2.60. The van der Waals surface area contributed by atoms with E-state index in [1.165, 1.54) is 5.56 Å². The molecule has 0 saturated heterocycles. The number of aryl methyl sites for hydroxylation is 2. The van der Waals surface area contributed by atoms with Crippen molar-refractivity contribution in [1.29, 1.82) is 0 Å². The van der Waals surface area contributed by atoms with Crippen LogP contribution in [0.4, 0.5) is 0 Å². The Morgan fingerprint density at radius 3 is 2.69 bits per heavy atom. The predicted molar refractivity (Wildman–Crippen MR) is 103 cm³/mol. The van der Waals surface area contributed by atoms with Crippen LogP contribution in [-0.2, 0) is 13.2 Å². The zero-order valence-corrected chi connectivity index (χ0v) is 16.2. The molecular formula is C20H19BrN2O3. The molecule has 3 aromatic rings. The van der Waals surface area contributed by atoms with E-state index in [1.807, 2.05) is 37.3 Å². The van der Waals surface area contributed by atoms with Crippen molar-refractivity contribution < 1.29 is 14.6 Å². The minimum Gasteiger partial charge on any atom is -0.489 e. The first kappa shape index (κ1) is 18.2. The van der Waals surface area contributed by atoms with Gasteiger partial charge in [0.2, 0.25) is 0 Å². The fraction of sp³-hybridized carbons (Fsp3) is 0.200. The van der Waals surface area contributed by atoms with E-state index >= 15 is 0 Å². The van der Waals surface area contributed by atoms with E-state index in [2.05, 4.69) is 40.1 Å². The second-order valence-corrected chi connectivity index (χ2v) is 7.08. The number of nitrogens with zero attached hydrogens (tertiary/aromatic N) is 2. The second kappa shape index (κ2) is 7.74. The number of aromatic nitrogens is 2. The maximum atomic E-state index is 11.1. The lowest BCUT2D eigenvalue weighted by atomic mass is 10.1. The van der Waals surface area contributed by atoms with Gasteiger partial charge in [0.15, 0.2) is 5.69 Å². The molecule has 6 heteroatoms. The van der Waals surface area contributed by atoms with Crippen molar-refractivity contribution in [1.82, 2.24) is 9.78 Å². The molecule has 0 saturated carbocycles. The Morgan fingerprint density at radius 2 is 2.00 bits per heavy atom. The summed E-state index contributed by atoms with van der Waals surface area (Å²) in [5, 5.41) is 13.3. The molecule has 0 fully saturated rings. The molecule has 0 aliphatic rings. The largest absolute Gasteiger partial charge is 0.489 e. The van der Waals surface area contributed by atoms with Crippen LogP contribution in [0.5, 0.6) is 5.75 Å². The molecule has 2 aromatic carbocycles. The predicted octanol–water partition coefficient (Wildman–Crippen LogP) is 4.59. The highest BCUT2D eigenvalue weighted by atomic mass is 79.9. The summed E-state index contributed by atoms with van der Waals surface area (Å²) < 4.78 is 8.62. The fourth-order valence-corrected chi connectivity index (χ4v) is 3.12. The van der Waals surface area contributed by atoms with Gasteiger partial charge in [-0.2, -0.15) is 5.10 Å². The summed E-state index contributed by atoms with van der Waals surface area (Å²) >= 11 is 3.48. The van der Waals surface area contributed by atoms with Crippen LogP contribution < -0.4 is 4.74 Å². The molecule has 0 aliphatic carbocycles. The summed E-state index contributed by atoms with van der Waals surface area (Å²) in [6.45, 7) is 4.79. The maximum Gasteiger partial charge on any atom is 0.356 e. The molecule has 0 atom stereocenters. The van der Waals surface area contributed by atoms with Crippen molar-refractivity contribution in [2.75, 3.05) is 0 Å². The number of halogens is 1. The normalized spacial score (nSPS) is 10.7. The molecule has 1 heterocycles. The van der Waals surface area contributed by atoms with Gasteiger partial charge in [0, 0.05) is 15.7 Å². The van der Waals surface area contributed by atoms with Gasteiger partial charge < -0.3 is 9.84 Å². The Kier molecular flexibility index (Phi) is 5.42. The number of carbonyl (C=O) groups is 1. The van der Waals surface area contributed by atoms with E-state index in [-0.39, 0.29) is 5.69 Å². The number of carboxylic acids is 1. The monoisotopic (exact) mass is 414 g/mol. The van der Waals surface area contributed by atoms with E-state index in [0.717, 1.165) is 27.0 Å². The Bertz CT molecular complexity index is 950. The van der Waals surface area contributed by atoms with Crippen LogP contribution in [-0.4, -0.2) is 20.9 Å². The summed E-state index contributed by atoms with van der Waals surface area (Å²) in [5.41, 5.74) is 4.04. The molecule has 0 radical (unpaired) electrons. The van der Waals surface area contributed by atoms with Gasteiger partial charge in [-0.05, 0) is 43.7 Å². The highest BCUT2D eigenvalue weighted by Crippen LogP contribution is 2.25. The van der Waals surface area contributed by atoms with Gasteiger partial charge in [-0.1, -0.05) is 45.8 Å². The van der Waals surface area contributed by atoms with Crippen LogP contribution in [0.3, 0.4) is 0 Å². The van der Waals surface area contributed by atoms with Gasteiger partial charge >= 0.3 is 5.97 Å². The third kappa shape index (κ3) is 4.32. The average Bonchev–Trinajstić information content (AvgIpc) is 2.95. The highest BCUT2D eigenvalue weighted by Gasteiger charge is 2.13. The van der Waals surface area contributed by atoms with E-state index in [0.29, 0.717) is 13.2 Å². The highest BCUT2D eigenvalue weighted by molar-refractivity contribution is 9.10. The standard InChI is InChI=1S/C20H19BrN2O3/c1-13-4-3-5-15(8-13)12-26-19-7-6-17(21)10-16(19)11-23-14(2)9-18(22-23)20(24)25/h3-10H,11-12H2,1-2H3,(H,24,25). The summed E-state index contributed by atoms with van der Waals surface area (Å²) in [5.74, 6) is -0.279. The summed E-state index contributed by atoms with van der Waals surface area (Å²) in [7, 11) is 0. The van der Waals surface area contributed by atoms with Crippen molar-refractivity contribution in [2.24, 2.45) is 0 Å². The van der Waals surface area contributed by atoms with Crippen LogP contribution in [0.1, 0.15) is 32.9 Å².